The van der Waals surface area contributed by atoms with Crippen LogP contribution in [0.5, 0.6) is 5.88 Å². The fourth-order valence-electron chi connectivity index (χ4n) is 3.30. The van der Waals surface area contributed by atoms with E-state index in [-0.39, 0.29) is 11.5 Å². The minimum absolute atomic E-state index is 0.177. The van der Waals surface area contributed by atoms with Crippen molar-refractivity contribution in [2.45, 2.75) is 19.9 Å². The average molecular weight is 350 g/mol. The average Bonchev–Trinajstić information content (AvgIpc) is 2.67. The lowest BCUT2D eigenvalue weighted by Crippen LogP contribution is -2.37. The molecule has 0 saturated carbocycles. The highest BCUT2D eigenvalue weighted by Crippen LogP contribution is 2.26. The van der Waals surface area contributed by atoms with E-state index in [0.717, 1.165) is 16.6 Å². The van der Waals surface area contributed by atoms with Crippen LogP contribution in [0.15, 0.2) is 41.5 Å². The van der Waals surface area contributed by atoms with Crippen molar-refractivity contribution in [3.05, 3.63) is 63.8 Å². The van der Waals surface area contributed by atoms with Crippen LogP contribution in [0, 0.1) is 0 Å². The van der Waals surface area contributed by atoms with Crippen LogP contribution < -0.4 is 10.3 Å². The van der Waals surface area contributed by atoms with Crippen LogP contribution in [0.25, 0.3) is 10.9 Å². The number of aromatic amines is 1. The first-order valence-electron chi connectivity index (χ1n) is 8.54. The van der Waals surface area contributed by atoms with Gasteiger partial charge in [0.05, 0.1) is 30.0 Å². The summed E-state index contributed by atoms with van der Waals surface area (Å²) >= 11 is 0. The van der Waals surface area contributed by atoms with Gasteiger partial charge in [0.2, 0.25) is 11.4 Å². The van der Waals surface area contributed by atoms with Crippen LogP contribution in [0.3, 0.4) is 0 Å². The van der Waals surface area contributed by atoms with E-state index in [9.17, 15) is 9.59 Å². The lowest BCUT2D eigenvalue weighted by atomic mass is 10.0. The van der Waals surface area contributed by atoms with Crippen LogP contribution in [-0.2, 0) is 13.0 Å². The molecule has 7 heteroatoms. The molecule has 0 fully saturated rings. The number of nitrogens with one attached hydrogen (secondary N) is 1. The van der Waals surface area contributed by atoms with E-state index in [1.165, 1.54) is 12.4 Å². The summed E-state index contributed by atoms with van der Waals surface area (Å²) in [5.41, 5.74) is 2.51. The molecule has 1 aliphatic rings. The summed E-state index contributed by atoms with van der Waals surface area (Å²) in [4.78, 5) is 38.1. The first kappa shape index (κ1) is 16.3. The number of hydrogen-bond acceptors (Lipinski definition) is 5. The topological polar surface area (TPSA) is 88.2 Å². The predicted molar refractivity (Wildman–Crippen MR) is 96.2 cm³/mol. The van der Waals surface area contributed by atoms with E-state index >= 15 is 0 Å². The van der Waals surface area contributed by atoms with E-state index in [1.54, 1.807) is 11.0 Å². The Morgan fingerprint density at radius 1 is 1.31 bits per heavy atom. The van der Waals surface area contributed by atoms with Crippen molar-refractivity contribution in [1.82, 2.24) is 19.9 Å². The Kier molecular flexibility index (Phi) is 4.12. The number of nitrogens with zero attached hydrogens (tertiary/aromatic N) is 3. The maximum absolute atomic E-state index is 13.1. The van der Waals surface area contributed by atoms with Crippen molar-refractivity contribution in [1.29, 1.82) is 0 Å². The van der Waals surface area contributed by atoms with Crippen LogP contribution in [0.1, 0.15) is 28.5 Å². The number of aromatic nitrogens is 3. The highest BCUT2D eigenvalue weighted by Gasteiger charge is 2.27. The van der Waals surface area contributed by atoms with Gasteiger partial charge in [0.1, 0.15) is 6.33 Å². The fraction of sp³-hybridized carbons (Fsp3) is 0.263. The number of amides is 1. The number of benzene rings is 1. The molecule has 0 bridgehead atoms. The maximum Gasteiger partial charge on any atom is 0.255 e. The number of carbonyl (C=O) groups excluding carboxylic acids is 1. The zero-order valence-electron chi connectivity index (χ0n) is 14.4. The molecule has 0 spiro atoms. The predicted octanol–water partition coefficient (Wildman–Crippen LogP) is 1.92. The molecule has 3 heterocycles. The van der Waals surface area contributed by atoms with Crippen LogP contribution in [0.2, 0.25) is 0 Å². The van der Waals surface area contributed by atoms with Gasteiger partial charge in [-0.25, -0.2) is 9.97 Å². The lowest BCUT2D eigenvalue weighted by Gasteiger charge is -2.29. The summed E-state index contributed by atoms with van der Waals surface area (Å²) < 4.78 is 5.58. The Morgan fingerprint density at radius 3 is 3.00 bits per heavy atom. The van der Waals surface area contributed by atoms with E-state index < -0.39 is 0 Å². The fourth-order valence-corrected chi connectivity index (χ4v) is 3.30. The molecule has 1 aliphatic heterocycles. The van der Waals surface area contributed by atoms with Crippen molar-refractivity contribution in [2.75, 3.05) is 13.2 Å². The molecule has 3 aromatic rings. The second kappa shape index (κ2) is 6.59. The van der Waals surface area contributed by atoms with Gasteiger partial charge in [-0.3, -0.25) is 9.59 Å². The molecule has 1 aromatic carbocycles. The number of pyridine rings is 1. The van der Waals surface area contributed by atoms with Crippen LogP contribution in [0.4, 0.5) is 0 Å². The molecule has 1 N–H and O–H groups in total. The molecule has 4 rings (SSSR count). The Balaban J connectivity index is 1.72. The van der Waals surface area contributed by atoms with Gasteiger partial charge in [0, 0.05) is 29.9 Å². The largest absolute Gasteiger partial charge is 0.478 e. The first-order chi connectivity index (χ1) is 12.7. The lowest BCUT2D eigenvalue weighted by molar-refractivity contribution is 0.0732. The van der Waals surface area contributed by atoms with Crippen molar-refractivity contribution in [3.8, 4) is 5.88 Å². The number of hydrogen-bond donors (Lipinski definition) is 1. The first-order valence-corrected chi connectivity index (χ1v) is 8.54. The quantitative estimate of drug-likeness (QED) is 0.780. The van der Waals surface area contributed by atoms with E-state index in [4.69, 9.17) is 4.74 Å². The molecular weight excluding hydrogens is 332 g/mol. The monoisotopic (exact) mass is 350 g/mol. The van der Waals surface area contributed by atoms with Crippen molar-refractivity contribution >= 4 is 16.8 Å². The third-order valence-corrected chi connectivity index (χ3v) is 4.51. The number of carbonyl (C=O) groups is 1. The Hall–Kier alpha value is -3.22. The number of para-hydroxylation sites is 1. The summed E-state index contributed by atoms with van der Waals surface area (Å²) in [6, 6.07) is 8.68. The summed E-state index contributed by atoms with van der Waals surface area (Å²) in [5, 5.41) is 0.734. The SMILES string of the molecule is CCOc1ncnc2c1CN(C(=O)c1cc(=O)[nH]c3ccccc13)CC2. The third-order valence-electron chi connectivity index (χ3n) is 4.51. The molecule has 7 nitrogen and oxygen atoms in total. The van der Waals surface area contributed by atoms with E-state index in [2.05, 4.69) is 15.0 Å². The molecule has 132 valence electrons. The zero-order chi connectivity index (χ0) is 18.1. The normalized spacial score (nSPS) is 13.5. The van der Waals surface area contributed by atoms with Gasteiger partial charge in [-0.1, -0.05) is 18.2 Å². The van der Waals surface area contributed by atoms with E-state index in [0.29, 0.717) is 43.1 Å². The molecule has 2 aromatic heterocycles. The second-order valence-electron chi connectivity index (χ2n) is 6.11. The Labute approximate surface area is 149 Å². The zero-order valence-corrected chi connectivity index (χ0v) is 14.4. The van der Waals surface area contributed by atoms with Gasteiger partial charge in [0.15, 0.2) is 0 Å². The third kappa shape index (κ3) is 2.81. The second-order valence-corrected chi connectivity index (χ2v) is 6.11. The standard InChI is InChI=1S/C19H18N4O3/c1-2-26-18-14-10-23(8-7-15(14)20-11-21-18)19(25)13-9-17(24)22-16-6-4-3-5-12(13)16/h3-6,9,11H,2,7-8,10H2,1H3,(H,22,24). The Bertz CT molecular complexity index is 1040. The van der Waals surface area contributed by atoms with Crippen LogP contribution in [-0.4, -0.2) is 38.9 Å². The number of ether oxygens (including phenoxy) is 1. The van der Waals surface area contributed by atoms with E-state index in [1.807, 2.05) is 25.1 Å². The summed E-state index contributed by atoms with van der Waals surface area (Å²) in [6.07, 6.45) is 2.12. The number of rotatable bonds is 3. The smallest absolute Gasteiger partial charge is 0.255 e. The van der Waals surface area contributed by atoms with Crippen molar-refractivity contribution < 1.29 is 9.53 Å². The molecular formula is C19H18N4O3. The van der Waals surface area contributed by atoms with Crippen molar-refractivity contribution in [2.24, 2.45) is 0 Å². The van der Waals surface area contributed by atoms with Gasteiger partial charge >= 0.3 is 0 Å². The van der Waals surface area contributed by atoms with Gasteiger partial charge in [0.25, 0.3) is 5.91 Å². The molecule has 0 radical (unpaired) electrons. The molecule has 1 amide bonds. The molecule has 0 aliphatic carbocycles. The number of H-pyrrole nitrogens is 1. The minimum atomic E-state index is -0.289. The molecule has 0 unspecified atom stereocenters. The minimum Gasteiger partial charge on any atom is -0.478 e. The summed E-state index contributed by atoms with van der Waals surface area (Å²) in [7, 11) is 0. The highest BCUT2D eigenvalue weighted by molar-refractivity contribution is 6.06. The van der Waals surface area contributed by atoms with Gasteiger partial charge in [-0.15, -0.1) is 0 Å². The Morgan fingerprint density at radius 2 is 2.15 bits per heavy atom. The van der Waals surface area contributed by atoms with Gasteiger partial charge < -0.3 is 14.6 Å². The highest BCUT2D eigenvalue weighted by atomic mass is 16.5. The molecule has 26 heavy (non-hydrogen) atoms. The van der Waals surface area contributed by atoms with Gasteiger partial charge in [-0.2, -0.15) is 0 Å². The summed E-state index contributed by atoms with van der Waals surface area (Å²) in [5.74, 6) is 0.343. The molecule has 0 atom stereocenters. The van der Waals surface area contributed by atoms with Gasteiger partial charge in [-0.05, 0) is 13.0 Å². The van der Waals surface area contributed by atoms with Crippen LogP contribution >= 0.6 is 0 Å². The summed E-state index contributed by atoms with van der Waals surface area (Å²) in [6.45, 7) is 3.29. The molecule has 0 saturated heterocycles. The maximum atomic E-state index is 13.1. The number of fused-ring (bicyclic) bond motifs is 2. The van der Waals surface area contributed by atoms with Crippen molar-refractivity contribution in [3.63, 3.8) is 0 Å².